The van der Waals surface area contributed by atoms with Gasteiger partial charge in [-0.3, -0.25) is 4.79 Å². The van der Waals surface area contributed by atoms with Gasteiger partial charge < -0.3 is 19.9 Å². The second-order valence-electron chi connectivity index (χ2n) is 5.47. The van der Waals surface area contributed by atoms with E-state index in [4.69, 9.17) is 14.6 Å². The molecular formula is C18H17NO5. The molecule has 1 aliphatic rings. The van der Waals surface area contributed by atoms with Gasteiger partial charge in [-0.2, -0.15) is 0 Å². The maximum Gasteiger partial charge on any atom is 0.341 e. The molecule has 6 nitrogen and oxygen atoms in total. The summed E-state index contributed by atoms with van der Waals surface area (Å²) in [6, 6.07) is 14.6. The number of rotatable bonds is 6. The Morgan fingerprint density at radius 1 is 1.21 bits per heavy atom. The van der Waals surface area contributed by atoms with Crippen LogP contribution in [0.15, 0.2) is 48.5 Å². The Kier molecular flexibility index (Phi) is 4.65. The zero-order chi connectivity index (χ0) is 16.9. The Morgan fingerprint density at radius 3 is 2.83 bits per heavy atom. The molecule has 24 heavy (non-hydrogen) atoms. The van der Waals surface area contributed by atoms with Crippen molar-refractivity contribution in [1.29, 1.82) is 0 Å². The number of carbonyl (C=O) groups excluding carboxylic acids is 1. The topological polar surface area (TPSA) is 84.9 Å². The van der Waals surface area contributed by atoms with Crippen molar-refractivity contribution in [2.75, 3.05) is 6.61 Å². The van der Waals surface area contributed by atoms with Gasteiger partial charge in [-0.25, -0.2) is 4.79 Å². The standard InChI is InChI=1S/C18H17NO5/c20-17(21)11-23-14-6-3-4-12(8-14)10-19-18(22)16-9-13-5-1-2-7-15(13)24-16/h1-8,16H,9-11H2,(H,19,22)(H,20,21)/t16-/m0/s1. The lowest BCUT2D eigenvalue weighted by Gasteiger charge is -2.12. The fourth-order valence-corrected chi connectivity index (χ4v) is 2.52. The number of carbonyl (C=O) groups is 2. The Labute approximate surface area is 139 Å². The quantitative estimate of drug-likeness (QED) is 0.845. The molecule has 3 rings (SSSR count). The van der Waals surface area contributed by atoms with Crippen LogP contribution >= 0.6 is 0 Å². The van der Waals surface area contributed by atoms with E-state index in [1.54, 1.807) is 18.2 Å². The number of amides is 1. The van der Waals surface area contributed by atoms with Crippen molar-refractivity contribution in [1.82, 2.24) is 5.32 Å². The average Bonchev–Trinajstić information content (AvgIpc) is 3.02. The second-order valence-corrected chi connectivity index (χ2v) is 5.47. The number of ether oxygens (including phenoxy) is 2. The molecule has 0 aromatic heterocycles. The van der Waals surface area contributed by atoms with Gasteiger partial charge >= 0.3 is 5.97 Å². The van der Waals surface area contributed by atoms with Gasteiger partial charge in [-0.05, 0) is 29.3 Å². The molecule has 1 heterocycles. The Balaban J connectivity index is 1.54. The minimum absolute atomic E-state index is 0.178. The molecule has 0 saturated heterocycles. The largest absolute Gasteiger partial charge is 0.482 e. The molecule has 124 valence electrons. The highest BCUT2D eigenvalue weighted by molar-refractivity contribution is 5.82. The lowest BCUT2D eigenvalue weighted by Crippen LogP contribution is -2.37. The SMILES string of the molecule is O=C(O)COc1cccc(CNC(=O)[C@@H]2Cc3ccccc3O2)c1. The fraction of sp³-hybridized carbons (Fsp3) is 0.222. The first-order valence-corrected chi connectivity index (χ1v) is 7.57. The maximum absolute atomic E-state index is 12.2. The summed E-state index contributed by atoms with van der Waals surface area (Å²) in [5, 5.41) is 11.5. The average molecular weight is 327 g/mol. The number of carboxylic acid groups (broad SMARTS) is 1. The molecule has 0 aliphatic carbocycles. The summed E-state index contributed by atoms with van der Waals surface area (Å²) in [4.78, 5) is 22.8. The third kappa shape index (κ3) is 3.84. The van der Waals surface area contributed by atoms with E-state index in [0.717, 1.165) is 16.9 Å². The Morgan fingerprint density at radius 2 is 2.04 bits per heavy atom. The van der Waals surface area contributed by atoms with Crippen molar-refractivity contribution in [3.05, 3.63) is 59.7 Å². The van der Waals surface area contributed by atoms with Crippen LogP contribution in [0.3, 0.4) is 0 Å². The molecule has 2 aromatic carbocycles. The van der Waals surface area contributed by atoms with Crippen molar-refractivity contribution >= 4 is 11.9 Å². The van der Waals surface area contributed by atoms with E-state index in [1.807, 2.05) is 30.3 Å². The normalized spacial score (nSPS) is 15.2. The van der Waals surface area contributed by atoms with E-state index in [0.29, 0.717) is 18.7 Å². The van der Waals surface area contributed by atoms with Gasteiger partial charge in [-0.15, -0.1) is 0 Å². The van der Waals surface area contributed by atoms with Gasteiger partial charge in [0, 0.05) is 13.0 Å². The van der Waals surface area contributed by atoms with Gasteiger partial charge in [0.15, 0.2) is 12.7 Å². The third-order valence-corrected chi connectivity index (χ3v) is 3.67. The minimum atomic E-state index is -1.04. The summed E-state index contributed by atoms with van der Waals surface area (Å²) in [6.07, 6.45) is 0.0397. The van der Waals surface area contributed by atoms with Crippen LogP contribution in [0, 0.1) is 0 Å². The molecule has 0 fully saturated rings. The van der Waals surface area contributed by atoms with E-state index in [-0.39, 0.29) is 5.91 Å². The fourth-order valence-electron chi connectivity index (χ4n) is 2.52. The van der Waals surface area contributed by atoms with E-state index in [9.17, 15) is 9.59 Å². The Hall–Kier alpha value is -3.02. The van der Waals surface area contributed by atoms with Gasteiger partial charge in [0.2, 0.25) is 0 Å². The Bertz CT molecular complexity index is 734. The molecule has 0 radical (unpaired) electrons. The van der Waals surface area contributed by atoms with Crippen molar-refractivity contribution < 1.29 is 24.2 Å². The molecule has 0 saturated carbocycles. The molecule has 1 amide bonds. The van der Waals surface area contributed by atoms with Crippen molar-refractivity contribution in [3.8, 4) is 11.5 Å². The van der Waals surface area contributed by atoms with Crippen LogP contribution in [0.5, 0.6) is 11.5 Å². The van der Waals surface area contributed by atoms with E-state index < -0.39 is 18.7 Å². The van der Waals surface area contributed by atoms with Gasteiger partial charge in [0.1, 0.15) is 11.5 Å². The molecule has 2 N–H and O–H groups in total. The smallest absolute Gasteiger partial charge is 0.341 e. The lowest BCUT2D eigenvalue weighted by molar-refractivity contribution is -0.139. The van der Waals surface area contributed by atoms with Crippen LogP contribution in [0.25, 0.3) is 0 Å². The van der Waals surface area contributed by atoms with Crippen LogP contribution in [0.4, 0.5) is 0 Å². The highest BCUT2D eigenvalue weighted by Gasteiger charge is 2.28. The van der Waals surface area contributed by atoms with Crippen LogP contribution in [0.1, 0.15) is 11.1 Å². The van der Waals surface area contributed by atoms with Crippen LogP contribution in [-0.2, 0) is 22.6 Å². The van der Waals surface area contributed by atoms with Crippen LogP contribution in [0.2, 0.25) is 0 Å². The molecule has 2 aromatic rings. The van der Waals surface area contributed by atoms with E-state index in [1.165, 1.54) is 0 Å². The summed E-state index contributed by atoms with van der Waals surface area (Å²) in [6.45, 7) is -0.0801. The number of nitrogens with one attached hydrogen (secondary N) is 1. The second kappa shape index (κ2) is 7.04. The monoisotopic (exact) mass is 327 g/mol. The number of carboxylic acids is 1. The number of hydrogen-bond donors (Lipinski definition) is 2. The summed E-state index contributed by atoms with van der Waals surface area (Å²) in [7, 11) is 0. The number of para-hydroxylation sites is 1. The first-order chi connectivity index (χ1) is 11.6. The molecule has 1 aliphatic heterocycles. The number of aliphatic carboxylic acids is 1. The van der Waals surface area contributed by atoms with Crippen LogP contribution in [-0.4, -0.2) is 29.7 Å². The van der Waals surface area contributed by atoms with Gasteiger partial charge in [-0.1, -0.05) is 30.3 Å². The molecule has 0 unspecified atom stereocenters. The highest BCUT2D eigenvalue weighted by Crippen LogP contribution is 2.28. The van der Waals surface area contributed by atoms with Crippen molar-refractivity contribution in [2.45, 2.75) is 19.1 Å². The first kappa shape index (κ1) is 15.9. The summed E-state index contributed by atoms with van der Waals surface area (Å²) in [5.74, 6) is -0.00917. The van der Waals surface area contributed by atoms with Crippen molar-refractivity contribution in [2.24, 2.45) is 0 Å². The number of hydrogen-bond acceptors (Lipinski definition) is 4. The third-order valence-electron chi connectivity index (χ3n) is 3.67. The zero-order valence-corrected chi connectivity index (χ0v) is 12.9. The maximum atomic E-state index is 12.2. The van der Waals surface area contributed by atoms with Crippen LogP contribution < -0.4 is 14.8 Å². The first-order valence-electron chi connectivity index (χ1n) is 7.57. The molecular weight excluding hydrogens is 310 g/mol. The molecule has 0 spiro atoms. The summed E-state index contributed by atoms with van der Waals surface area (Å²) in [5.41, 5.74) is 1.85. The van der Waals surface area contributed by atoms with Gasteiger partial charge in [0.25, 0.3) is 5.91 Å². The van der Waals surface area contributed by atoms with Gasteiger partial charge in [0.05, 0.1) is 0 Å². The minimum Gasteiger partial charge on any atom is -0.482 e. The predicted octanol–water partition coefficient (Wildman–Crippen LogP) is 1.77. The highest BCUT2D eigenvalue weighted by atomic mass is 16.5. The molecule has 6 heteroatoms. The number of benzene rings is 2. The number of fused-ring (bicyclic) bond motifs is 1. The predicted molar refractivity (Wildman–Crippen MR) is 86.0 cm³/mol. The van der Waals surface area contributed by atoms with E-state index >= 15 is 0 Å². The summed E-state index contributed by atoms with van der Waals surface area (Å²) < 4.78 is 10.8. The lowest BCUT2D eigenvalue weighted by atomic mass is 10.1. The molecule has 1 atom stereocenters. The van der Waals surface area contributed by atoms with E-state index in [2.05, 4.69) is 5.32 Å². The summed E-state index contributed by atoms with van der Waals surface area (Å²) >= 11 is 0. The zero-order valence-electron chi connectivity index (χ0n) is 12.9. The molecule has 0 bridgehead atoms. The van der Waals surface area contributed by atoms with Crippen molar-refractivity contribution in [3.63, 3.8) is 0 Å².